The summed E-state index contributed by atoms with van der Waals surface area (Å²) in [5.74, 6) is 2.79. The molecule has 1 N–H and O–H groups in total. The molecule has 178 valence electrons. The number of halogens is 1. The molecule has 1 heterocycles. The minimum absolute atomic E-state index is 0.00183. The number of rotatable bonds is 8. The number of ether oxygens (including phenoxy) is 1. The van der Waals surface area contributed by atoms with E-state index in [-0.39, 0.29) is 28.7 Å². The van der Waals surface area contributed by atoms with Gasteiger partial charge in [-0.05, 0) is 86.8 Å². The summed E-state index contributed by atoms with van der Waals surface area (Å²) >= 11 is 7.42. The fraction of sp³-hybridized carbons (Fsp3) is 0.640. The van der Waals surface area contributed by atoms with Crippen molar-refractivity contribution in [1.29, 1.82) is 0 Å². The summed E-state index contributed by atoms with van der Waals surface area (Å²) in [6.45, 7) is 2.97. The van der Waals surface area contributed by atoms with Crippen molar-refractivity contribution >= 4 is 40.2 Å². The lowest BCUT2D eigenvalue weighted by Gasteiger charge is -2.59. The van der Waals surface area contributed by atoms with Gasteiger partial charge in [-0.15, -0.1) is 0 Å². The lowest BCUT2D eigenvalue weighted by Crippen LogP contribution is -2.56. The largest absolute Gasteiger partial charge is 0.383 e. The molecule has 1 unspecified atom stereocenters. The second-order valence-corrected chi connectivity index (χ2v) is 11.7. The number of aromatic nitrogens is 2. The molecule has 1 aromatic heterocycles. The van der Waals surface area contributed by atoms with E-state index in [9.17, 15) is 9.59 Å². The van der Waals surface area contributed by atoms with Gasteiger partial charge < -0.3 is 10.1 Å². The molecule has 8 heteroatoms. The van der Waals surface area contributed by atoms with Crippen molar-refractivity contribution in [3.63, 3.8) is 0 Å². The van der Waals surface area contributed by atoms with Crippen molar-refractivity contribution in [2.45, 2.75) is 63.2 Å². The van der Waals surface area contributed by atoms with E-state index in [1.165, 1.54) is 50.3 Å². The van der Waals surface area contributed by atoms with Gasteiger partial charge in [0.25, 0.3) is 5.56 Å². The Balaban J connectivity index is 1.30. The standard InChI is InChI=1S/C25H32ClN3O3S/c1-15(25-11-16-7-17(12-25)9-18(8-16)13-25)27-22(30)14-33-24-28-21-10-19(26)3-4-20(21)23(31)29(24)5-6-32-2/h3-4,10,15-18H,5-9,11-14H2,1-2H3,(H,27,30). The van der Waals surface area contributed by atoms with Crippen molar-refractivity contribution in [3.8, 4) is 0 Å². The number of hydrogen-bond acceptors (Lipinski definition) is 5. The summed E-state index contributed by atoms with van der Waals surface area (Å²) in [7, 11) is 1.60. The maximum Gasteiger partial charge on any atom is 0.262 e. The third-order valence-corrected chi connectivity index (χ3v) is 9.33. The van der Waals surface area contributed by atoms with Crippen molar-refractivity contribution in [2.75, 3.05) is 19.5 Å². The summed E-state index contributed by atoms with van der Waals surface area (Å²) in [6, 6.07) is 5.26. The maximum absolute atomic E-state index is 13.1. The van der Waals surface area contributed by atoms with E-state index in [1.54, 1.807) is 29.9 Å². The molecule has 2 aromatic rings. The van der Waals surface area contributed by atoms with Crippen LogP contribution in [-0.2, 0) is 16.1 Å². The van der Waals surface area contributed by atoms with Crippen LogP contribution in [0.25, 0.3) is 10.9 Å². The van der Waals surface area contributed by atoms with Gasteiger partial charge in [0, 0.05) is 18.2 Å². The SMILES string of the molecule is COCCn1c(SCC(=O)NC(C)C23CC4CC(CC(C4)C2)C3)nc2cc(Cl)ccc2c1=O. The molecule has 6 rings (SSSR count). The average molecular weight is 490 g/mol. The maximum atomic E-state index is 13.1. The van der Waals surface area contributed by atoms with Crippen LogP contribution >= 0.6 is 23.4 Å². The zero-order valence-electron chi connectivity index (χ0n) is 19.3. The zero-order valence-corrected chi connectivity index (χ0v) is 20.9. The Hall–Kier alpha value is -1.57. The summed E-state index contributed by atoms with van der Waals surface area (Å²) < 4.78 is 6.78. The normalized spacial score (nSPS) is 28.9. The van der Waals surface area contributed by atoms with Gasteiger partial charge in [0.2, 0.25) is 5.91 Å². The highest BCUT2D eigenvalue weighted by Crippen LogP contribution is 2.61. The number of thioether (sulfide) groups is 1. The molecule has 0 spiro atoms. The third-order valence-electron chi connectivity index (χ3n) is 8.12. The van der Waals surface area contributed by atoms with Crippen LogP contribution in [-0.4, -0.2) is 41.0 Å². The Morgan fingerprint density at radius 2 is 1.94 bits per heavy atom. The minimum Gasteiger partial charge on any atom is -0.383 e. The highest BCUT2D eigenvalue weighted by molar-refractivity contribution is 7.99. The first-order valence-corrected chi connectivity index (χ1v) is 13.3. The van der Waals surface area contributed by atoms with Gasteiger partial charge in [-0.1, -0.05) is 23.4 Å². The topological polar surface area (TPSA) is 73.2 Å². The monoisotopic (exact) mass is 489 g/mol. The number of benzene rings is 1. The Morgan fingerprint density at radius 3 is 2.58 bits per heavy atom. The number of carbonyl (C=O) groups excluding carboxylic acids is 1. The molecule has 1 amide bonds. The van der Waals surface area contributed by atoms with Crippen LogP contribution < -0.4 is 10.9 Å². The second kappa shape index (κ2) is 9.23. The minimum atomic E-state index is -0.140. The molecule has 6 nitrogen and oxygen atoms in total. The van der Waals surface area contributed by atoms with Crippen LogP contribution in [0, 0.1) is 23.2 Å². The van der Waals surface area contributed by atoms with E-state index < -0.39 is 0 Å². The molecular formula is C25H32ClN3O3S. The Bertz CT molecular complexity index is 1080. The molecule has 1 aromatic carbocycles. The highest BCUT2D eigenvalue weighted by Gasteiger charge is 2.53. The first kappa shape index (κ1) is 23.2. The van der Waals surface area contributed by atoms with Gasteiger partial charge in [0.05, 0.1) is 29.8 Å². The fourth-order valence-corrected chi connectivity index (χ4v) is 7.94. The summed E-state index contributed by atoms with van der Waals surface area (Å²) in [6.07, 6.45) is 7.97. The molecule has 1 atom stereocenters. The first-order chi connectivity index (χ1) is 15.9. The van der Waals surface area contributed by atoms with Crippen molar-refractivity contribution in [1.82, 2.24) is 14.9 Å². The van der Waals surface area contributed by atoms with Gasteiger partial charge >= 0.3 is 0 Å². The molecule has 4 aliphatic rings. The summed E-state index contributed by atoms with van der Waals surface area (Å²) in [5.41, 5.74) is 0.678. The Labute approximate surface area is 203 Å². The van der Waals surface area contributed by atoms with Gasteiger partial charge in [-0.3, -0.25) is 14.2 Å². The van der Waals surface area contributed by atoms with Gasteiger partial charge in [0.15, 0.2) is 5.16 Å². The van der Waals surface area contributed by atoms with Crippen LogP contribution in [0.4, 0.5) is 0 Å². The van der Waals surface area contributed by atoms with Gasteiger partial charge in [0.1, 0.15) is 0 Å². The number of nitrogens with one attached hydrogen (secondary N) is 1. The summed E-state index contributed by atoms with van der Waals surface area (Å²) in [4.78, 5) is 30.7. The van der Waals surface area contributed by atoms with Crippen molar-refractivity contribution in [3.05, 3.63) is 33.6 Å². The van der Waals surface area contributed by atoms with E-state index in [0.717, 1.165) is 17.8 Å². The van der Waals surface area contributed by atoms with Crippen LogP contribution in [0.5, 0.6) is 0 Å². The molecule has 0 aliphatic heterocycles. The quantitative estimate of drug-likeness (QED) is 0.436. The van der Waals surface area contributed by atoms with Crippen LogP contribution in [0.15, 0.2) is 28.2 Å². The molecule has 4 fully saturated rings. The van der Waals surface area contributed by atoms with Crippen LogP contribution in [0.2, 0.25) is 5.02 Å². The second-order valence-electron chi connectivity index (χ2n) is 10.4. The fourth-order valence-electron chi connectivity index (χ4n) is 6.94. The number of amides is 1. The predicted octanol–water partition coefficient (Wildman–Crippen LogP) is 4.51. The van der Waals surface area contributed by atoms with E-state index in [4.69, 9.17) is 16.3 Å². The predicted molar refractivity (Wildman–Crippen MR) is 132 cm³/mol. The van der Waals surface area contributed by atoms with E-state index >= 15 is 0 Å². The molecular weight excluding hydrogens is 458 g/mol. The number of hydrogen-bond donors (Lipinski definition) is 1. The summed E-state index contributed by atoms with van der Waals surface area (Å²) in [5, 5.41) is 4.87. The first-order valence-electron chi connectivity index (χ1n) is 12.0. The van der Waals surface area contributed by atoms with Gasteiger partial charge in [-0.25, -0.2) is 4.98 Å². The van der Waals surface area contributed by atoms with E-state index in [0.29, 0.717) is 34.2 Å². The molecule has 4 saturated carbocycles. The third kappa shape index (κ3) is 4.56. The van der Waals surface area contributed by atoms with Crippen LogP contribution in [0.3, 0.4) is 0 Å². The lowest BCUT2D eigenvalue weighted by atomic mass is 9.48. The van der Waals surface area contributed by atoms with Gasteiger partial charge in [-0.2, -0.15) is 0 Å². The Kier molecular flexibility index (Phi) is 6.49. The Morgan fingerprint density at radius 1 is 1.27 bits per heavy atom. The lowest BCUT2D eigenvalue weighted by molar-refractivity contribution is -0.123. The molecule has 0 saturated heterocycles. The van der Waals surface area contributed by atoms with E-state index in [1.807, 2.05) is 0 Å². The number of methoxy groups -OCH3 is 1. The molecule has 33 heavy (non-hydrogen) atoms. The number of carbonyl (C=O) groups is 1. The molecule has 4 aliphatic carbocycles. The zero-order chi connectivity index (χ0) is 23.2. The highest BCUT2D eigenvalue weighted by atomic mass is 35.5. The van der Waals surface area contributed by atoms with Crippen molar-refractivity contribution in [2.24, 2.45) is 23.2 Å². The number of nitrogens with zero attached hydrogens (tertiary/aromatic N) is 2. The van der Waals surface area contributed by atoms with Crippen molar-refractivity contribution < 1.29 is 9.53 Å². The van der Waals surface area contributed by atoms with Crippen LogP contribution in [0.1, 0.15) is 45.4 Å². The van der Waals surface area contributed by atoms with E-state index in [2.05, 4.69) is 17.2 Å². The molecule has 4 bridgehead atoms. The number of fused-ring (bicyclic) bond motifs is 1. The smallest absolute Gasteiger partial charge is 0.262 e. The molecule has 0 radical (unpaired) electrons. The average Bonchev–Trinajstić information content (AvgIpc) is 2.76.